The first-order chi connectivity index (χ1) is 41.1. The Balaban J connectivity index is 0.000000464. The highest BCUT2D eigenvalue weighted by atomic mass is 13.9. The summed E-state index contributed by atoms with van der Waals surface area (Å²) >= 11 is 0. The second-order valence-electron chi connectivity index (χ2n) is 20.3. The van der Waals surface area contributed by atoms with Gasteiger partial charge in [-0.05, 0) is 101 Å². The summed E-state index contributed by atoms with van der Waals surface area (Å²) in [6, 6.07) is 121. The topological polar surface area (TPSA) is 0 Å². The van der Waals surface area contributed by atoms with Crippen LogP contribution in [0.2, 0.25) is 0 Å². The molecule has 0 bridgehead atoms. The van der Waals surface area contributed by atoms with Crippen molar-refractivity contribution in [2.24, 2.45) is 0 Å². The van der Waals surface area contributed by atoms with E-state index in [1.807, 2.05) is 200 Å². The van der Waals surface area contributed by atoms with Gasteiger partial charge in [0, 0.05) is 0 Å². The molecule has 0 aromatic heterocycles. The van der Waals surface area contributed by atoms with E-state index in [2.05, 4.69) is 248 Å². The Bertz CT molecular complexity index is 2510. The van der Waals surface area contributed by atoms with Crippen LogP contribution in [0.15, 0.2) is 358 Å². The lowest BCUT2D eigenvalue weighted by Gasteiger charge is -1.93. The molecule has 0 amide bonds. The van der Waals surface area contributed by atoms with Crippen molar-refractivity contribution >= 4 is 0 Å². The summed E-state index contributed by atoms with van der Waals surface area (Å²) in [5.41, 5.74) is 17.3. The average molecular weight is 1120 g/mol. The summed E-state index contributed by atoms with van der Waals surface area (Å²) < 4.78 is 0. The number of aryl methyl sites for hydroxylation is 13. The SMILES string of the molecule is Cc1ccccc1.Cc1ccccc1.Cc1ccccc1.Cc1ccccc1.Cc1ccccc1.Cc1ccccc1.Cc1ccccc1.Cc1ccccc1.Cc1ccccc1.Cc1ccccc1.Cc1ccccc1.Cc1ccccc1C. The minimum absolute atomic E-state index is 1.32. The lowest BCUT2D eigenvalue weighted by Crippen LogP contribution is -1.74. The molecule has 0 radical (unpaired) electrons. The van der Waals surface area contributed by atoms with Crippen molar-refractivity contribution in [1.29, 1.82) is 0 Å². The van der Waals surface area contributed by atoms with Gasteiger partial charge in [0.25, 0.3) is 0 Å². The Morgan fingerprint density at radius 2 is 0.165 bits per heavy atom. The van der Waals surface area contributed by atoms with Crippen LogP contribution in [0, 0.1) is 90.0 Å². The Morgan fingerprint density at radius 3 is 0.212 bits per heavy atom. The Kier molecular flexibility index (Phi) is 44.6. The molecule has 0 heterocycles. The fourth-order valence-electron chi connectivity index (χ4n) is 6.54. The van der Waals surface area contributed by atoms with Crippen LogP contribution in [-0.2, 0) is 0 Å². The van der Waals surface area contributed by atoms with Gasteiger partial charge < -0.3 is 0 Å². The Morgan fingerprint density at radius 1 is 0.0941 bits per heavy atom. The normalized spacial score (nSPS) is 8.76. The van der Waals surface area contributed by atoms with E-state index in [4.69, 9.17) is 0 Å². The number of hydrogen-bond acceptors (Lipinski definition) is 0. The fraction of sp³-hybridized carbons (Fsp3) is 0.153. The molecule has 12 rings (SSSR count). The van der Waals surface area contributed by atoms with Crippen LogP contribution in [0.3, 0.4) is 0 Å². The van der Waals surface area contributed by atoms with E-state index in [-0.39, 0.29) is 0 Å². The number of rotatable bonds is 0. The van der Waals surface area contributed by atoms with Gasteiger partial charge in [-0.1, -0.05) is 419 Å². The molecule has 85 heavy (non-hydrogen) atoms. The summed E-state index contributed by atoms with van der Waals surface area (Å²) in [4.78, 5) is 0. The summed E-state index contributed by atoms with van der Waals surface area (Å²) in [7, 11) is 0. The van der Waals surface area contributed by atoms with Crippen LogP contribution in [0.4, 0.5) is 0 Å². The molecule has 0 fully saturated rings. The van der Waals surface area contributed by atoms with E-state index in [0.717, 1.165) is 0 Å². The maximum absolute atomic E-state index is 2.12. The molecule has 0 atom stereocenters. The second kappa shape index (κ2) is 51.5. The van der Waals surface area contributed by atoms with Crippen LogP contribution in [0.5, 0.6) is 0 Å². The van der Waals surface area contributed by atoms with Crippen molar-refractivity contribution in [2.75, 3.05) is 0 Å². The van der Waals surface area contributed by atoms with Gasteiger partial charge >= 0.3 is 0 Å². The fourth-order valence-corrected chi connectivity index (χ4v) is 6.54. The molecule has 0 aliphatic heterocycles. The Hall–Kier alpha value is -9.36. The third-order valence-corrected chi connectivity index (χ3v) is 11.8. The zero-order valence-corrected chi connectivity index (χ0v) is 53.6. The highest BCUT2D eigenvalue weighted by Crippen LogP contribution is 2.03. The van der Waals surface area contributed by atoms with Crippen molar-refractivity contribution in [2.45, 2.75) is 90.0 Å². The van der Waals surface area contributed by atoms with Crippen molar-refractivity contribution in [3.8, 4) is 0 Å². The molecule has 438 valence electrons. The highest BCUT2D eigenvalue weighted by molar-refractivity contribution is 5.24. The van der Waals surface area contributed by atoms with E-state index in [0.29, 0.717) is 0 Å². The summed E-state index contributed by atoms with van der Waals surface area (Å²) in [5.74, 6) is 0. The number of hydrogen-bond donors (Lipinski definition) is 0. The van der Waals surface area contributed by atoms with Gasteiger partial charge in [-0.3, -0.25) is 0 Å². The van der Waals surface area contributed by atoms with Crippen molar-refractivity contribution < 1.29 is 0 Å². The van der Waals surface area contributed by atoms with Gasteiger partial charge in [0.15, 0.2) is 0 Å². The molecule has 0 saturated carbocycles. The van der Waals surface area contributed by atoms with Crippen LogP contribution in [-0.4, -0.2) is 0 Å². The lowest BCUT2D eigenvalue weighted by molar-refractivity contribution is 1.34. The van der Waals surface area contributed by atoms with Crippen molar-refractivity contribution in [1.82, 2.24) is 0 Å². The van der Waals surface area contributed by atoms with Crippen LogP contribution >= 0.6 is 0 Å². The summed E-state index contributed by atoms with van der Waals surface area (Å²) in [6.45, 7) is 27.2. The second-order valence-corrected chi connectivity index (χ2v) is 20.3. The zero-order valence-electron chi connectivity index (χ0n) is 53.6. The van der Waals surface area contributed by atoms with Crippen LogP contribution < -0.4 is 0 Å². The van der Waals surface area contributed by atoms with E-state index < -0.39 is 0 Å². The molecule has 0 aliphatic rings. The van der Waals surface area contributed by atoms with Gasteiger partial charge in [-0.25, -0.2) is 0 Å². The zero-order chi connectivity index (χ0) is 62.2. The van der Waals surface area contributed by atoms with Crippen molar-refractivity contribution in [3.05, 3.63) is 430 Å². The first-order valence-corrected chi connectivity index (χ1v) is 29.3. The third-order valence-electron chi connectivity index (χ3n) is 11.8. The van der Waals surface area contributed by atoms with E-state index in [1.54, 1.807) is 0 Å². The first kappa shape index (κ1) is 73.7. The van der Waals surface area contributed by atoms with Crippen LogP contribution in [0.1, 0.15) is 72.3 Å². The molecule has 0 spiro atoms. The van der Waals surface area contributed by atoms with Crippen molar-refractivity contribution in [3.63, 3.8) is 0 Å². The molecule has 0 saturated heterocycles. The maximum atomic E-state index is 2.12. The third kappa shape index (κ3) is 49.0. The van der Waals surface area contributed by atoms with E-state index in [1.165, 1.54) is 72.3 Å². The minimum Gasteiger partial charge on any atom is -0.0622 e. The average Bonchev–Trinajstić information content (AvgIpc) is 3.52. The standard InChI is InChI=1S/C8H10.11C7H8/c1-7-5-3-4-6-8(7)2;11*1-7-5-3-2-4-6-7/h3-6H,1-2H3;11*2-6H,1H3. The van der Waals surface area contributed by atoms with E-state index >= 15 is 0 Å². The molecular formula is C85H98. The monoisotopic (exact) mass is 1120 g/mol. The van der Waals surface area contributed by atoms with E-state index in [9.17, 15) is 0 Å². The van der Waals surface area contributed by atoms with Crippen LogP contribution in [0.25, 0.3) is 0 Å². The highest BCUT2D eigenvalue weighted by Gasteiger charge is 1.84. The summed E-state index contributed by atoms with van der Waals surface area (Å²) in [6.07, 6.45) is 0. The van der Waals surface area contributed by atoms with Gasteiger partial charge in [0.05, 0.1) is 0 Å². The molecule has 0 N–H and O–H groups in total. The lowest BCUT2D eigenvalue weighted by atomic mass is 10.1. The number of benzene rings is 12. The van der Waals surface area contributed by atoms with Gasteiger partial charge in [0.1, 0.15) is 0 Å². The molecular weight excluding hydrogens is 1020 g/mol. The molecule has 12 aromatic carbocycles. The van der Waals surface area contributed by atoms with Gasteiger partial charge in [0.2, 0.25) is 0 Å². The molecule has 0 nitrogen and oxygen atoms in total. The predicted molar refractivity (Wildman–Crippen MR) is 379 cm³/mol. The molecule has 12 aromatic rings. The maximum Gasteiger partial charge on any atom is -0.0395 e. The van der Waals surface area contributed by atoms with Gasteiger partial charge in [-0.15, -0.1) is 0 Å². The largest absolute Gasteiger partial charge is 0.0622 e. The Labute approximate surface area is 517 Å². The molecule has 0 heteroatoms. The smallest absolute Gasteiger partial charge is 0.0395 e. The summed E-state index contributed by atoms with van der Waals surface area (Å²) in [5, 5.41) is 0. The predicted octanol–water partition coefficient (Wildman–Crippen LogP) is 24.2. The minimum atomic E-state index is 1.32. The quantitative estimate of drug-likeness (QED) is 0.142. The van der Waals surface area contributed by atoms with Gasteiger partial charge in [-0.2, -0.15) is 0 Å². The first-order valence-electron chi connectivity index (χ1n) is 29.3. The molecule has 0 unspecified atom stereocenters. The molecule has 0 aliphatic carbocycles.